The molecule has 1 nitrogen and oxygen atoms in total. The molecule has 0 aliphatic rings. The summed E-state index contributed by atoms with van der Waals surface area (Å²) in [5.74, 6) is 0.469. The highest BCUT2D eigenvalue weighted by molar-refractivity contribution is 5.50. The van der Waals surface area contributed by atoms with Crippen LogP contribution in [0.4, 0.5) is 0 Å². The van der Waals surface area contributed by atoms with Gasteiger partial charge in [-0.2, -0.15) is 0 Å². The fraction of sp³-hybridized carbons (Fsp3) is 0.520. The van der Waals surface area contributed by atoms with Crippen LogP contribution in [-0.2, 0) is 23.7 Å². The van der Waals surface area contributed by atoms with Gasteiger partial charge in [-0.3, -0.25) is 0 Å². The van der Waals surface area contributed by atoms with Crippen LogP contribution in [0.5, 0.6) is 5.75 Å². The van der Waals surface area contributed by atoms with Crippen LogP contribution in [0.15, 0.2) is 24.3 Å². The number of phenolic OH excluding ortho intramolecular Hbond substituents is 1. The lowest BCUT2D eigenvalue weighted by molar-refractivity contribution is 0.422. The summed E-state index contributed by atoms with van der Waals surface area (Å²) >= 11 is 0. The Morgan fingerprint density at radius 2 is 1.23 bits per heavy atom. The summed E-state index contributed by atoms with van der Waals surface area (Å²) in [6.07, 6.45) is 2.03. The summed E-state index contributed by atoms with van der Waals surface area (Å²) < 4.78 is 0. The summed E-state index contributed by atoms with van der Waals surface area (Å²) in [6, 6.07) is 8.92. The lowest BCUT2D eigenvalue weighted by Crippen LogP contribution is -2.18. The first-order valence-corrected chi connectivity index (χ1v) is 9.75. The Morgan fingerprint density at radius 3 is 1.69 bits per heavy atom. The molecule has 0 spiro atoms. The van der Waals surface area contributed by atoms with E-state index in [1.807, 2.05) is 0 Å². The van der Waals surface area contributed by atoms with E-state index in [4.69, 9.17) is 0 Å². The molecular formula is C25H36O. The number of hydrogen-bond acceptors (Lipinski definition) is 1. The molecule has 0 unspecified atom stereocenters. The van der Waals surface area contributed by atoms with Crippen molar-refractivity contribution in [1.82, 2.24) is 0 Å². The van der Waals surface area contributed by atoms with Gasteiger partial charge in [0, 0.05) is 0 Å². The monoisotopic (exact) mass is 352 g/mol. The van der Waals surface area contributed by atoms with E-state index in [1.165, 1.54) is 27.8 Å². The second-order valence-electron chi connectivity index (χ2n) is 9.83. The second-order valence-corrected chi connectivity index (χ2v) is 9.83. The van der Waals surface area contributed by atoms with Crippen molar-refractivity contribution in [3.63, 3.8) is 0 Å². The second kappa shape index (κ2) is 7.10. The van der Waals surface area contributed by atoms with Crippen LogP contribution in [0, 0.1) is 20.8 Å². The summed E-state index contributed by atoms with van der Waals surface area (Å²) in [5, 5.41) is 10.9. The van der Waals surface area contributed by atoms with E-state index >= 15 is 0 Å². The molecule has 0 saturated carbocycles. The molecule has 2 aromatic rings. The van der Waals surface area contributed by atoms with Crippen LogP contribution in [-0.4, -0.2) is 5.11 Å². The van der Waals surface area contributed by atoms with E-state index < -0.39 is 0 Å². The fourth-order valence-electron chi connectivity index (χ4n) is 3.54. The van der Waals surface area contributed by atoms with Crippen molar-refractivity contribution in [2.45, 2.75) is 86.0 Å². The Hall–Kier alpha value is -1.76. The van der Waals surface area contributed by atoms with E-state index in [0.717, 1.165) is 24.0 Å². The van der Waals surface area contributed by atoms with E-state index in [2.05, 4.69) is 86.6 Å². The maximum absolute atomic E-state index is 10.9. The first-order valence-electron chi connectivity index (χ1n) is 9.75. The SMILES string of the molecule is Cc1ccc(CCc2cc(C(C)(C)C)c(O)c(C(C)(C)C)c2)c(C)c1C. The zero-order chi connectivity index (χ0) is 19.9. The molecule has 0 bridgehead atoms. The van der Waals surface area contributed by atoms with Crippen LogP contribution in [0.3, 0.4) is 0 Å². The van der Waals surface area contributed by atoms with Crippen LogP contribution in [0.2, 0.25) is 0 Å². The van der Waals surface area contributed by atoms with E-state index in [9.17, 15) is 5.11 Å². The molecule has 2 rings (SSSR count). The minimum Gasteiger partial charge on any atom is -0.507 e. The Morgan fingerprint density at radius 1 is 0.731 bits per heavy atom. The van der Waals surface area contributed by atoms with Gasteiger partial charge in [0.1, 0.15) is 5.75 Å². The van der Waals surface area contributed by atoms with Crippen LogP contribution >= 0.6 is 0 Å². The average molecular weight is 353 g/mol. The smallest absolute Gasteiger partial charge is 0.123 e. The maximum atomic E-state index is 10.9. The van der Waals surface area contributed by atoms with Gasteiger partial charge >= 0.3 is 0 Å². The average Bonchev–Trinajstić information content (AvgIpc) is 2.50. The molecule has 142 valence electrons. The lowest BCUT2D eigenvalue weighted by atomic mass is 9.78. The molecule has 0 aromatic heterocycles. The predicted octanol–water partition coefficient (Wildman–Crippen LogP) is 6.70. The first kappa shape index (κ1) is 20.6. The Balaban J connectivity index is 2.43. The highest BCUT2D eigenvalue weighted by atomic mass is 16.3. The third-order valence-electron chi connectivity index (χ3n) is 5.64. The summed E-state index contributed by atoms with van der Waals surface area (Å²) in [7, 11) is 0. The van der Waals surface area contributed by atoms with Crippen LogP contribution < -0.4 is 0 Å². The van der Waals surface area contributed by atoms with Gasteiger partial charge in [0.25, 0.3) is 0 Å². The summed E-state index contributed by atoms with van der Waals surface area (Å²) in [6.45, 7) is 19.7. The van der Waals surface area contributed by atoms with Gasteiger partial charge in [0.15, 0.2) is 0 Å². The highest BCUT2D eigenvalue weighted by Crippen LogP contribution is 2.40. The highest BCUT2D eigenvalue weighted by Gasteiger charge is 2.26. The molecule has 0 fully saturated rings. The van der Waals surface area contributed by atoms with Gasteiger partial charge < -0.3 is 5.11 Å². The zero-order valence-corrected chi connectivity index (χ0v) is 18.2. The van der Waals surface area contributed by atoms with Crippen LogP contribution in [0.25, 0.3) is 0 Å². The number of phenols is 1. The largest absolute Gasteiger partial charge is 0.507 e. The van der Waals surface area contributed by atoms with Gasteiger partial charge in [-0.1, -0.05) is 65.8 Å². The van der Waals surface area contributed by atoms with Crippen molar-refractivity contribution in [2.24, 2.45) is 0 Å². The van der Waals surface area contributed by atoms with Crippen molar-refractivity contribution >= 4 is 0 Å². The molecule has 0 saturated heterocycles. The standard InChI is InChI=1S/C25H36O/c1-16-10-12-20(18(3)17(16)2)13-11-19-14-21(24(4,5)6)23(26)22(15-19)25(7,8)9/h10,12,14-15,26H,11,13H2,1-9H3. The van der Waals surface area contributed by atoms with Gasteiger partial charge in [-0.15, -0.1) is 0 Å². The van der Waals surface area contributed by atoms with Gasteiger partial charge in [0.2, 0.25) is 0 Å². The first-order chi connectivity index (χ1) is 11.8. The Bertz CT molecular complexity index is 763. The molecule has 1 heteroatoms. The van der Waals surface area contributed by atoms with Crippen molar-refractivity contribution in [2.75, 3.05) is 0 Å². The van der Waals surface area contributed by atoms with Gasteiger partial charge in [-0.25, -0.2) is 0 Å². The van der Waals surface area contributed by atoms with Crippen molar-refractivity contribution in [3.8, 4) is 5.75 Å². The molecule has 26 heavy (non-hydrogen) atoms. The predicted molar refractivity (Wildman–Crippen MR) is 114 cm³/mol. The third-order valence-corrected chi connectivity index (χ3v) is 5.64. The number of aryl methyl sites for hydroxylation is 3. The van der Waals surface area contributed by atoms with Crippen molar-refractivity contribution in [3.05, 3.63) is 63.2 Å². The van der Waals surface area contributed by atoms with Crippen molar-refractivity contribution < 1.29 is 5.11 Å². The number of aromatic hydroxyl groups is 1. The maximum Gasteiger partial charge on any atom is 0.123 e. The van der Waals surface area contributed by atoms with E-state index in [1.54, 1.807) is 0 Å². The number of hydrogen-bond donors (Lipinski definition) is 1. The summed E-state index contributed by atoms with van der Waals surface area (Å²) in [5.41, 5.74) is 8.88. The van der Waals surface area contributed by atoms with Crippen molar-refractivity contribution in [1.29, 1.82) is 0 Å². The van der Waals surface area contributed by atoms with E-state index in [0.29, 0.717) is 5.75 Å². The molecule has 0 aliphatic carbocycles. The molecular weight excluding hydrogens is 316 g/mol. The molecule has 0 radical (unpaired) electrons. The quantitative estimate of drug-likeness (QED) is 0.652. The molecule has 1 N–H and O–H groups in total. The molecule has 0 heterocycles. The topological polar surface area (TPSA) is 20.2 Å². The number of rotatable bonds is 3. The Labute approximate surface area is 160 Å². The van der Waals surface area contributed by atoms with E-state index in [-0.39, 0.29) is 10.8 Å². The Kier molecular flexibility index (Phi) is 5.61. The zero-order valence-electron chi connectivity index (χ0n) is 18.2. The number of benzene rings is 2. The molecule has 0 atom stereocenters. The summed E-state index contributed by atoms with van der Waals surface area (Å²) in [4.78, 5) is 0. The normalized spacial score (nSPS) is 12.5. The van der Waals surface area contributed by atoms with Gasteiger partial charge in [-0.05, 0) is 83.4 Å². The molecule has 2 aromatic carbocycles. The minimum absolute atomic E-state index is 0.0730. The molecule has 0 amide bonds. The van der Waals surface area contributed by atoms with Gasteiger partial charge in [0.05, 0.1) is 0 Å². The third kappa shape index (κ3) is 4.31. The lowest BCUT2D eigenvalue weighted by Gasteiger charge is -2.28. The minimum atomic E-state index is -0.0730. The van der Waals surface area contributed by atoms with Crippen LogP contribution in [0.1, 0.15) is 80.5 Å². The molecule has 0 aliphatic heterocycles. The fourth-order valence-corrected chi connectivity index (χ4v) is 3.54.